The maximum atomic E-state index is 0. The first kappa shape index (κ1) is 75.9. The molecule has 0 N–H and O–H groups in total. The first-order valence-corrected chi connectivity index (χ1v) is 0. The van der Waals surface area contributed by atoms with Gasteiger partial charge in [-0.2, -0.15) is 0 Å². The second kappa shape index (κ2) is 43.9. The quantitative estimate of drug-likeness (QED) is 0.283. The summed E-state index contributed by atoms with van der Waals surface area (Å²) in [6.45, 7) is 0. The molecule has 0 aromatic heterocycles. The van der Waals surface area contributed by atoms with Crippen LogP contribution < -0.4 is 29.6 Å². The zero-order valence-electron chi connectivity index (χ0n) is 1.32. The van der Waals surface area contributed by atoms with Gasteiger partial charge in [0, 0.05) is 0 Å². The molecule has 0 radical (unpaired) electrons. The van der Waals surface area contributed by atoms with E-state index in [1.54, 1.807) is 0 Å². The summed E-state index contributed by atoms with van der Waals surface area (Å²) in [5.74, 6) is 0. The van der Waals surface area contributed by atoms with E-state index < -0.39 is 0 Å². The van der Waals surface area contributed by atoms with Gasteiger partial charge in [-0.15, -0.1) is 0 Å². The third-order valence-corrected chi connectivity index (χ3v) is 0. The maximum absolute atomic E-state index is 0. The minimum Gasteiger partial charge on any atom is -0.0626 e. The topological polar surface area (TPSA) is 0 Å². The molecule has 0 amide bonds. The zero-order chi connectivity index (χ0) is 0. The molecule has 0 fully saturated rings. The first-order valence-electron chi connectivity index (χ1n) is 0. The van der Waals surface area contributed by atoms with Crippen molar-refractivity contribution in [1.82, 2.24) is 0 Å². The van der Waals surface area contributed by atoms with Crippen molar-refractivity contribution in [3.8, 4) is 0 Å². The van der Waals surface area contributed by atoms with Crippen LogP contribution >= 0.6 is 0 Å². The van der Waals surface area contributed by atoms with Crippen LogP contribution in [0.3, 0.4) is 0 Å². The van der Waals surface area contributed by atoms with Crippen LogP contribution in [-0.2, 0) is 16.5 Å². The van der Waals surface area contributed by atoms with Crippen molar-refractivity contribution >= 4 is 25.2 Å². The van der Waals surface area contributed by atoms with E-state index in [9.17, 15) is 0 Å². The van der Waals surface area contributed by atoms with Gasteiger partial charge in [0.25, 0.3) is 0 Å². The predicted octanol–water partition coefficient (Wildman–Crippen LogP) is -7.35. The zero-order valence-corrected chi connectivity index (χ0v) is 4.30. The summed E-state index contributed by atoms with van der Waals surface area (Å²) in [6.07, 6.45) is 0. The van der Waals surface area contributed by atoms with E-state index >= 15 is 0 Å². The maximum Gasteiger partial charge on any atom is 2.00 e. The molecule has 0 bridgehead atoms. The molecule has 5 heteroatoms. The SMILES string of the molecule is [BH4-].[BH4-].[BH4-].[Na+].[Ni+2]. The fourth-order valence-electron chi connectivity index (χ4n) is 0. The molecule has 0 saturated heterocycles. The van der Waals surface area contributed by atoms with Crippen LogP contribution in [0.1, 0.15) is 0 Å². The van der Waals surface area contributed by atoms with E-state index in [1.807, 2.05) is 0 Å². The molecule has 0 aromatic rings. The molecule has 0 nitrogen and oxygen atoms in total. The van der Waals surface area contributed by atoms with Crippen molar-refractivity contribution in [2.45, 2.75) is 0 Å². The fourth-order valence-corrected chi connectivity index (χ4v) is 0. The van der Waals surface area contributed by atoms with Crippen LogP contribution in [-0.4, -0.2) is 25.2 Å². The molecule has 0 aliphatic heterocycles. The van der Waals surface area contributed by atoms with Gasteiger partial charge in [0.15, 0.2) is 0 Å². The van der Waals surface area contributed by atoms with Gasteiger partial charge in [-0.05, 0) is 0 Å². The number of hydrogen-bond donors (Lipinski definition) is 0. The Labute approximate surface area is 70.8 Å². The Morgan fingerprint density at radius 2 is 0.600 bits per heavy atom. The van der Waals surface area contributed by atoms with Crippen molar-refractivity contribution in [2.24, 2.45) is 0 Å². The molecule has 0 saturated carbocycles. The Bertz CT molecular complexity index is 6.85. The third-order valence-electron chi connectivity index (χ3n) is 0. The van der Waals surface area contributed by atoms with Gasteiger partial charge in [0.1, 0.15) is 0 Å². The summed E-state index contributed by atoms with van der Waals surface area (Å²) >= 11 is 0. The van der Waals surface area contributed by atoms with E-state index in [0.29, 0.717) is 0 Å². The summed E-state index contributed by atoms with van der Waals surface area (Å²) in [6, 6.07) is 0. The molecule has 0 aliphatic carbocycles. The average molecular weight is 126 g/mol. The van der Waals surface area contributed by atoms with Crippen molar-refractivity contribution in [3.05, 3.63) is 0 Å². The smallest absolute Gasteiger partial charge is 0.0626 e. The molecule has 0 rings (SSSR count). The van der Waals surface area contributed by atoms with Crippen LogP contribution in [0.5, 0.6) is 0 Å². The van der Waals surface area contributed by atoms with Crippen molar-refractivity contribution < 1.29 is 46.0 Å². The van der Waals surface area contributed by atoms with Crippen LogP contribution in [0.4, 0.5) is 0 Å². The van der Waals surface area contributed by atoms with E-state index in [1.165, 1.54) is 0 Å². The summed E-state index contributed by atoms with van der Waals surface area (Å²) in [5, 5.41) is 0. The second-order valence-corrected chi connectivity index (χ2v) is 0. The molecule has 0 spiro atoms. The number of rotatable bonds is 0. The van der Waals surface area contributed by atoms with Gasteiger partial charge < -0.3 is 0 Å². The summed E-state index contributed by atoms with van der Waals surface area (Å²) in [5.41, 5.74) is 0. The minimum absolute atomic E-state index is 0. The van der Waals surface area contributed by atoms with Gasteiger partial charge in [-0.3, -0.25) is 0 Å². The molecule has 5 heavy (non-hydrogen) atoms. The van der Waals surface area contributed by atoms with Crippen LogP contribution in [0.25, 0.3) is 0 Å². The Kier molecular flexibility index (Phi) is 666. The van der Waals surface area contributed by atoms with Crippen LogP contribution in [0.2, 0.25) is 0 Å². The summed E-state index contributed by atoms with van der Waals surface area (Å²) < 4.78 is 0. The van der Waals surface area contributed by atoms with Gasteiger partial charge in [0.05, 0.1) is 0 Å². The number of hydrogen-bond acceptors (Lipinski definition) is 0. The molecule has 0 aromatic carbocycles. The molecule has 0 atom stereocenters. The molecule has 0 aliphatic rings. The Morgan fingerprint density at radius 1 is 0.600 bits per heavy atom. The van der Waals surface area contributed by atoms with Crippen molar-refractivity contribution in [2.75, 3.05) is 0 Å². The molecule has 0 heterocycles. The van der Waals surface area contributed by atoms with E-state index in [0.717, 1.165) is 0 Å². The summed E-state index contributed by atoms with van der Waals surface area (Å²) in [4.78, 5) is 0. The third kappa shape index (κ3) is 27.1. The van der Waals surface area contributed by atoms with Gasteiger partial charge in [0.2, 0.25) is 0 Å². The van der Waals surface area contributed by atoms with Crippen molar-refractivity contribution in [1.29, 1.82) is 0 Å². The van der Waals surface area contributed by atoms with Gasteiger partial charge in [-0.25, -0.2) is 0 Å². The second-order valence-electron chi connectivity index (χ2n) is 0. The Morgan fingerprint density at radius 3 is 0.600 bits per heavy atom. The van der Waals surface area contributed by atoms with Gasteiger partial charge in [-0.1, -0.05) is 25.2 Å². The fraction of sp³-hybridized carbons (Fsp3) is 0. The molecular weight excluding hydrogens is 114 g/mol. The Hall–Kier alpha value is 1.69. The largest absolute Gasteiger partial charge is 2.00 e. The molecule has 32 valence electrons. The minimum atomic E-state index is 0. The Balaban J connectivity index is 0. The molecule has 0 unspecified atom stereocenters. The average Bonchev–Trinajstić information content (AvgIpc) is 0. The molecular formula is H12B3NaNi. The van der Waals surface area contributed by atoms with E-state index in [4.69, 9.17) is 0 Å². The van der Waals surface area contributed by atoms with E-state index in [2.05, 4.69) is 0 Å². The van der Waals surface area contributed by atoms with E-state index in [-0.39, 0.29) is 71.3 Å². The predicted molar refractivity (Wildman–Crippen MR) is 34.0 cm³/mol. The van der Waals surface area contributed by atoms with Crippen LogP contribution in [0.15, 0.2) is 0 Å². The van der Waals surface area contributed by atoms with Crippen molar-refractivity contribution in [3.63, 3.8) is 0 Å². The van der Waals surface area contributed by atoms with Gasteiger partial charge >= 0.3 is 46.0 Å². The van der Waals surface area contributed by atoms with Crippen LogP contribution in [0, 0.1) is 0 Å². The monoisotopic (exact) mass is 126 g/mol. The first-order chi connectivity index (χ1) is 0. The normalized spacial score (nSPS) is 0. The summed E-state index contributed by atoms with van der Waals surface area (Å²) in [7, 11) is 0. The standard InChI is InChI=1S/3BH4.Na.Ni/h3*1H4;;/q3*-1;+1;+2.